The summed E-state index contributed by atoms with van der Waals surface area (Å²) in [7, 11) is 0. The molecule has 0 spiro atoms. The molecule has 12 heavy (non-hydrogen) atoms. The number of hydrogen-bond donors (Lipinski definition) is 1. The highest BCUT2D eigenvalue weighted by Crippen LogP contribution is 2.00. The molecule has 74 valence electrons. The van der Waals surface area contributed by atoms with Gasteiger partial charge in [-0.1, -0.05) is 6.92 Å². The molecule has 1 N–H and O–H groups in total. The molecule has 0 heterocycles. The lowest BCUT2D eigenvalue weighted by Crippen LogP contribution is -2.25. The highest BCUT2D eigenvalue weighted by atomic mass is 35.5. The summed E-state index contributed by atoms with van der Waals surface area (Å²) in [5, 5.41) is 3.32. The highest BCUT2D eigenvalue weighted by Gasteiger charge is 1.98. The van der Waals surface area contributed by atoms with Crippen LogP contribution in [0.5, 0.6) is 0 Å². The Kier molecular flexibility index (Phi) is 9.46. The summed E-state index contributed by atoms with van der Waals surface area (Å²) < 4.78 is 5.19. The molecule has 1 atom stereocenters. The molecule has 0 aromatic carbocycles. The maximum atomic E-state index is 5.61. The standard InChI is InChI=1S/C9H20ClNO/c1-3-12-7-6-11-8-9(2)4-5-10/h9,11H,3-8H2,1-2H3. The van der Waals surface area contributed by atoms with Gasteiger partial charge in [0.2, 0.25) is 0 Å². The van der Waals surface area contributed by atoms with Crippen molar-refractivity contribution in [3.05, 3.63) is 0 Å². The third kappa shape index (κ3) is 8.31. The molecule has 0 aromatic rings. The van der Waals surface area contributed by atoms with Crippen molar-refractivity contribution in [3.8, 4) is 0 Å². The Balaban J connectivity index is 2.97. The average Bonchev–Trinajstić information content (AvgIpc) is 2.05. The average molecular weight is 194 g/mol. The molecular weight excluding hydrogens is 174 g/mol. The van der Waals surface area contributed by atoms with Crippen molar-refractivity contribution in [2.75, 3.05) is 32.2 Å². The van der Waals surface area contributed by atoms with Gasteiger partial charge in [-0.25, -0.2) is 0 Å². The molecule has 0 saturated heterocycles. The SMILES string of the molecule is CCOCCNCC(C)CCCl. The highest BCUT2D eigenvalue weighted by molar-refractivity contribution is 6.17. The number of hydrogen-bond acceptors (Lipinski definition) is 2. The van der Waals surface area contributed by atoms with E-state index >= 15 is 0 Å². The fourth-order valence-electron chi connectivity index (χ4n) is 0.925. The number of rotatable bonds is 8. The van der Waals surface area contributed by atoms with E-state index in [1.165, 1.54) is 0 Å². The van der Waals surface area contributed by atoms with Crippen LogP contribution in [0.25, 0.3) is 0 Å². The van der Waals surface area contributed by atoms with E-state index in [4.69, 9.17) is 16.3 Å². The van der Waals surface area contributed by atoms with Crippen LogP contribution in [0.1, 0.15) is 20.3 Å². The summed E-state index contributed by atoms with van der Waals surface area (Å²) in [6.45, 7) is 7.81. The Hall–Kier alpha value is 0.210. The van der Waals surface area contributed by atoms with E-state index < -0.39 is 0 Å². The lowest BCUT2D eigenvalue weighted by atomic mass is 10.1. The molecule has 0 rings (SSSR count). The fourth-order valence-corrected chi connectivity index (χ4v) is 1.30. The second-order valence-corrected chi connectivity index (χ2v) is 3.36. The Morgan fingerprint density at radius 2 is 2.25 bits per heavy atom. The van der Waals surface area contributed by atoms with Crippen LogP contribution in [0.4, 0.5) is 0 Å². The van der Waals surface area contributed by atoms with Crippen LogP contribution < -0.4 is 5.32 Å². The van der Waals surface area contributed by atoms with E-state index in [2.05, 4.69) is 12.2 Å². The van der Waals surface area contributed by atoms with Gasteiger partial charge < -0.3 is 10.1 Å². The summed E-state index contributed by atoms with van der Waals surface area (Å²) in [6.07, 6.45) is 1.09. The number of ether oxygens (including phenoxy) is 1. The van der Waals surface area contributed by atoms with E-state index in [0.717, 1.165) is 38.6 Å². The van der Waals surface area contributed by atoms with Crippen molar-refractivity contribution in [1.82, 2.24) is 5.32 Å². The van der Waals surface area contributed by atoms with E-state index in [-0.39, 0.29) is 0 Å². The van der Waals surface area contributed by atoms with Gasteiger partial charge in [-0.05, 0) is 25.8 Å². The molecule has 0 aliphatic rings. The van der Waals surface area contributed by atoms with Crippen LogP contribution in [0.15, 0.2) is 0 Å². The van der Waals surface area contributed by atoms with Gasteiger partial charge in [0.05, 0.1) is 6.61 Å². The number of halogens is 1. The lowest BCUT2D eigenvalue weighted by molar-refractivity contribution is 0.148. The van der Waals surface area contributed by atoms with E-state index in [9.17, 15) is 0 Å². The van der Waals surface area contributed by atoms with Crippen molar-refractivity contribution >= 4 is 11.6 Å². The van der Waals surface area contributed by atoms with Crippen molar-refractivity contribution in [1.29, 1.82) is 0 Å². The van der Waals surface area contributed by atoms with E-state index in [1.807, 2.05) is 6.92 Å². The van der Waals surface area contributed by atoms with Gasteiger partial charge in [-0.3, -0.25) is 0 Å². The molecule has 0 aliphatic heterocycles. The summed E-state index contributed by atoms with van der Waals surface area (Å²) >= 11 is 5.61. The molecule has 0 fully saturated rings. The zero-order chi connectivity index (χ0) is 9.23. The maximum Gasteiger partial charge on any atom is 0.0590 e. The third-order valence-corrected chi connectivity index (χ3v) is 1.94. The second kappa shape index (κ2) is 9.30. The van der Waals surface area contributed by atoms with Gasteiger partial charge in [0.1, 0.15) is 0 Å². The smallest absolute Gasteiger partial charge is 0.0590 e. The first kappa shape index (κ1) is 12.2. The topological polar surface area (TPSA) is 21.3 Å². The van der Waals surface area contributed by atoms with Crippen LogP contribution >= 0.6 is 11.6 Å². The van der Waals surface area contributed by atoms with Gasteiger partial charge in [0.25, 0.3) is 0 Å². The minimum absolute atomic E-state index is 0.670. The van der Waals surface area contributed by atoms with Crippen molar-refractivity contribution in [2.24, 2.45) is 5.92 Å². The largest absolute Gasteiger partial charge is 0.380 e. The van der Waals surface area contributed by atoms with Crippen molar-refractivity contribution < 1.29 is 4.74 Å². The quantitative estimate of drug-likeness (QED) is 0.470. The fraction of sp³-hybridized carbons (Fsp3) is 1.00. The molecular formula is C9H20ClNO. The molecule has 3 heteroatoms. The lowest BCUT2D eigenvalue weighted by Gasteiger charge is -2.10. The predicted octanol–water partition coefficient (Wildman–Crippen LogP) is 1.88. The van der Waals surface area contributed by atoms with Gasteiger partial charge >= 0.3 is 0 Å². The normalized spacial score (nSPS) is 13.2. The van der Waals surface area contributed by atoms with Gasteiger partial charge in [0, 0.05) is 19.0 Å². The van der Waals surface area contributed by atoms with Crippen LogP contribution in [0, 0.1) is 5.92 Å². The summed E-state index contributed by atoms with van der Waals surface area (Å²) in [4.78, 5) is 0. The molecule has 0 saturated carbocycles. The van der Waals surface area contributed by atoms with Crippen LogP contribution in [-0.4, -0.2) is 32.2 Å². The summed E-state index contributed by atoms with van der Waals surface area (Å²) in [6, 6.07) is 0. The molecule has 0 radical (unpaired) electrons. The summed E-state index contributed by atoms with van der Waals surface area (Å²) in [5.41, 5.74) is 0. The van der Waals surface area contributed by atoms with Crippen molar-refractivity contribution in [2.45, 2.75) is 20.3 Å². The van der Waals surface area contributed by atoms with Crippen LogP contribution in [0.2, 0.25) is 0 Å². The van der Waals surface area contributed by atoms with Gasteiger partial charge in [-0.15, -0.1) is 11.6 Å². The van der Waals surface area contributed by atoms with Crippen molar-refractivity contribution in [3.63, 3.8) is 0 Å². The Labute approximate surface area is 80.6 Å². The number of alkyl halides is 1. The Morgan fingerprint density at radius 1 is 1.50 bits per heavy atom. The Bertz CT molecular complexity index is 90.6. The molecule has 0 amide bonds. The predicted molar refractivity (Wildman–Crippen MR) is 53.9 cm³/mol. The molecule has 2 nitrogen and oxygen atoms in total. The van der Waals surface area contributed by atoms with Gasteiger partial charge in [0.15, 0.2) is 0 Å². The second-order valence-electron chi connectivity index (χ2n) is 2.98. The number of nitrogens with one attached hydrogen (secondary N) is 1. The molecule has 0 aliphatic carbocycles. The first-order valence-corrected chi connectivity index (χ1v) is 5.19. The van der Waals surface area contributed by atoms with Crippen LogP contribution in [0.3, 0.4) is 0 Å². The van der Waals surface area contributed by atoms with Gasteiger partial charge in [-0.2, -0.15) is 0 Å². The minimum Gasteiger partial charge on any atom is -0.380 e. The van der Waals surface area contributed by atoms with E-state index in [0.29, 0.717) is 5.92 Å². The minimum atomic E-state index is 0.670. The third-order valence-electron chi connectivity index (χ3n) is 1.72. The monoisotopic (exact) mass is 193 g/mol. The first-order chi connectivity index (χ1) is 5.81. The first-order valence-electron chi connectivity index (χ1n) is 4.65. The molecule has 0 aromatic heterocycles. The molecule has 0 bridgehead atoms. The molecule has 1 unspecified atom stereocenters. The van der Waals surface area contributed by atoms with E-state index in [1.54, 1.807) is 0 Å². The zero-order valence-corrected chi connectivity index (χ0v) is 8.86. The zero-order valence-electron chi connectivity index (χ0n) is 8.11. The Morgan fingerprint density at radius 3 is 2.83 bits per heavy atom. The van der Waals surface area contributed by atoms with Crippen LogP contribution in [-0.2, 0) is 4.74 Å². The maximum absolute atomic E-state index is 5.61. The summed E-state index contributed by atoms with van der Waals surface area (Å²) in [5.74, 6) is 1.43.